The minimum atomic E-state index is -0.0996. The second-order valence-corrected chi connectivity index (χ2v) is 4.40. The number of amides is 1. The molecule has 5 nitrogen and oxygen atoms in total. The van der Waals surface area contributed by atoms with Gasteiger partial charge < -0.3 is 10.6 Å². The maximum Gasteiger partial charge on any atom is 0.254 e. The average molecular weight is 256 g/mol. The van der Waals surface area contributed by atoms with Gasteiger partial charge in [0.1, 0.15) is 5.82 Å². The number of hydrogen-bond acceptors (Lipinski definition) is 4. The Kier molecular flexibility index (Phi) is 3.75. The molecule has 0 aromatic carbocycles. The van der Waals surface area contributed by atoms with Crippen LogP contribution in [0.4, 0.5) is 5.82 Å². The van der Waals surface area contributed by atoms with Crippen molar-refractivity contribution in [2.24, 2.45) is 0 Å². The molecule has 1 amide bonds. The van der Waals surface area contributed by atoms with E-state index in [1.807, 2.05) is 25.1 Å². The fourth-order valence-electron chi connectivity index (χ4n) is 1.80. The van der Waals surface area contributed by atoms with E-state index in [1.165, 1.54) is 6.20 Å². The molecule has 0 fully saturated rings. The summed E-state index contributed by atoms with van der Waals surface area (Å²) in [5.74, 6) is 0.241. The molecule has 2 rings (SSSR count). The van der Waals surface area contributed by atoms with Gasteiger partial charge >= 0.3 is 0 Å². The van der Waals surface area contributed by atoms with Gasteiger partial charge in [0.2, 0.25) is 0 Å². The fourth-order valence-corrected chi connectivity index (χ4v) is 1.80. The summed E-state index contributed by atoms with van der Waals surface area (Å²) in [4.78, 5) is 22.1. The van der Waals surface area contributed by atoms with Gasteiger partial charge in [-0.3, -0.25) is 9.78 Å². The van der Waals surface area contributed by atoms with Gasteiger partial charge in [0.15, 0.2) is 0 Å². The molecule has 0 atom stereocenters. The highest BCUT2D eigenvalue weighted by molar-refractivity contribution is 5.94. The molecule has 2 aromatic rings. The number of pyridine rings is 2. The topological polar surface area (TPSA) is 72.1 Å². The number of anilines is 1. The van der Waals surface area contributed by atoms with Gasteiger partial charge in [-0.15, -0.1) is 0 Å². The normalized spacial score (nSPS) is 10.2. The van der Waals surface area contributed by atoms with E-state index >= 15 is 0 Å². The van der Waals surface area contributed by atoms with Crippen molar-refractivity contribution < 1.29 is 4.79 Å². The molecule has 0 aliphatic carbocycles. The number of nitrogen functional groups attached to an aromatic ring is 1. The second-order valence-electron chi connectivity index (χ2n) is 4.40. The van der Waals surface area contributed by atoms with Crippen LogP contribution in [0.1, 0.15) is 21.7 Å². The number of nitrogens with zero attached hydrogens (tertiary/aromatic N) is 3. The molecule has 0 bridgehead atoms. The van der Waals surface area contributed by atoms with Crippen LogP contribution >= 0.6 is 0 Å². The zero-order valence-electron chi connectivity index (χ0n) is 11.0. The first kappa shape index (κ1) is 13.0. The predicted octanol–water partition coefficient (Wildman–Crippen LogP) is 1.64. The van der Waals surface area contributed by atoms with E-state index in [9.17, 15) is 4.79 Å². The van der Waals surface area contributed by atoms with Gasteiger partial charge in [-0.1, -0.05) is 6.07 Å². The van der Waals surface area contributed by atoms with Crippen LogP contribution in [0.3, 0.4) is 0 Å². The summed E-state index contributed by atoms with van der Waals surface area (Å²) in [5, 5.41) is 0. The van der Waals surface area contributed by atoms with Crippen LogP contribution < -0.4 is 5.73 Å². The van der Waals surface area contributed by atoms with Crippen molar-refractivity contribution in [3.8, 4) is 0 Å². The SMILES string of the molecule is Cc1cccc(CN(C)C(=O)c2ccnc(N)c2)n1. The summed E-state index contributed by atoms with van der Waals surface area (Å²) >= 11 is 0. The Bertz CT molecular complexity index is 598. The van der Waals surface area contributed by atoms with Crippen LogP contribution in [0, 0.1) is 6.92 Å². The number of rotatable bonds is 3. The summed E-state index contributed by atoms with van der Waals surface area (Å²) in [6.07, 6.45) is 1.53. The lowest BCUT2D eigenvalue weighted by molar-refractivity contribution is 0.0783. The summed E-state index contributed by atoms with van der Waals surface area (Å²) in [6, 6.07) is 8.98. The molecular formula is C14H16N4O. The first-order valence-corrected chi connectivity index (χ1v) is 5.96. The molecule has 2 aromatic heterocycles. The van der Waals surface area contributed by atoms with Crippen molar-refractivity contribution in [1.29, 1.82) is 0 Å². The lowest BCUT2D eigenvalue weighted by atomic mass is 10.2. The number of carbonyl (C=O) groups excluding carboxylic acids is 1. The first-order valence-electron chi connectivity index (χ1n) is 5.96. The molecule has 0 radical (unpaired) electrons. The Hall–Kier alpha value is -2.43. The molecule has 19 heavy (non-hydrogen) atoms. The molecule has 0 spiro atoms. The molecule has 0 aliphatic heterocycles. The standard InChI is InChI=1S/C14H16N4O/c1-10-4-3-5-12(17-10)9-18(2)14(19)11-6-7-16-13(15)8-11/h3-8H,9H2,1-2H3,(H2,15,16). The summed E-state index contributed by atoms with van der Waals surface area (Å²) < 4.78 is 0. The van der Waals surface area contributed by atoms with Gasteiger partial charge in [0, 0.05) is 24.5 Å². The molecule has 0 saturated carbocycles. The maximum absolute atomic E-state index is 12.2. The lowest BCUT2D eigenvalue weighted by Crippen LogP contribution is -2.26. The molecule has 0 saturated heterocycles. The third-order valence-corrected chi connectivity index (χ3v) is 2.72. The van der Waals surface area contributed by atoms with E-state index in [0.717, 1.165) is 11.4 Å². The van der Waals surface area contributed by atoms with Crippen LogP contribution in [0.5, 0.6) is 0 Å². The average Bonchev–Trinajstić information content (AvgIpc) is 2.38. The van der Waals surface area contributed by atoms with Crippen molar-refractivity contribution in [3.05, 3.63) is 53.5 Å². The van der Waals surface area contributed by atoms with Crippen molar-refractivity contribution in [1.82, 2.24) is 14.9 Å². The van der Waals surface area contributed by atoms with Crippen LogP contribution in [0.25, 0.3) is 0 Å². The number of hydrogen-bond donors (Lipinski definition) is 1. The number of carbonyl (C=O) groups is 1. The van der Waals surface area contributed by atoms with E-state index in [1.54, 1.807) is 24.1 Å². The quantitative estimate of drug-likeness (QED) is 0.906. The Morgan fingerprint density at radius 2 is 2.16 bits per heavy atom. The van der Waals surface area contributed by atoms with Gasteiger partial charge in [-0.2, -0.15) is 0 Å². The minimum Gasteiger partial charge on any atom is -0.384 e. The number of aromatic nitrogens is 2. The molecule has 2 N–H and O–H groups in total. The van der Waals surface area contributed by atoms with Crippen molar-refractivity contribution in [2.75, 3.05) is 12.8 Å². The second kappa shape index (κ2) is 5.48. The van der Waals surface area contributed by atoms with Gasteiger partial charge in [0.05, 0.1) is 12.2 Å². The summed E-state index contributed by atoms with van der Waals surface area (Å²) in [5.41, 5.74) is 7.90. The lowest BCUT2D eigenvalue weighted by Gasteiger charge is -2.17. The Balaban J connectivity index is 2.12. The monoisotopic (exact) mass is 256 g/mol. The smallest absolute Gasteiger partial charge is 0.254 e. The van der Waals surface area contributed by atoms with Crippen LogP contribution in [-0.4, -0.2) is 27.8 Å². The highest BCUT2D eigenvalue weighted by atomic mass is 16.2. The molecule has 98 valence electrons. The van der Waals surface area contributed by atoms with Gasteiger partial charge in [-0.25, -0.2) is 4.98 Å². The zero-order valence-corrected chi connectivity index (χ0v) is 11.0. The Morgan fingerprint density at radius 3 is 2.84 bits per heavy atom. The van der Waals surface area contributed by atoms with E-state index < -0.39 is 0 Å². The van der Waals surface area contributed by atoms with E-state index in [0.29, 0.717) is 17.9 Å². The highest BCUT2D eigenvalue weighted by Crippen LogP contribution is 2.09. The summed E-state index contributed by atoms with van der Waals surface area (Å²) in [6.45, 7) is 2.39. The largest absolute Gasteiger partial charge is 0.384 e. The molecule has 5 heteroatoms. The van der Waals surface area contributed by atoms with Crippen molar-refractivity contribution in [3.63, 3.8) is 0 Å². The van der Waals surface area contributed by atoms with E-state index in [4.69, 9.17) is 5.73 Å². The van der Waals surface area contributed by atoms with Crippen LogP contribution in [0.15, 0.2) is 36.5 Å². The van der Waals surface area contributed by atoms with Crippen molar-refractivity contribution >= 4 is 11.7 Å². The van der Waals surface area contributed by atoms with Crippen LogP contribution in [-0.2, 0) is 6.54 Å². The van der Waals surface area contributed by atoms with Crippen molar-refractivity contribution in [2.45, 2.75) is 13.5 Å². The fraction of sp³-hybridized carbons (Fsp3) is 0.214. The van der Waals surface area contributed by atoms with E-state index in [2.05, 4.69) is 9.97 Å². The zero-order chi connectivity index (χ0) is 13.8. The molecule has 2 heterocycles. The Labute approximate surface area is 112 Å². The first-order chi connectivity index (χ1) is 9.06. The number of aryl methyl sites for hydroxylation is 1. The van der Waals surface area contributed by atoms with Crippen LogP contribution in [0.2, 0.25) is 0 Å². The molecule has 0 aliphatic rings. The maximum atomic E-state index is 12.2. The number of nitrogens with two attached hydrogens (primary N) is 1. The third-order valence-electron chi connectivity index (χ3n) is 2.72. The summed E-state index contributed by atoms with van der Waals surface area (Å²) in [7, 11) is 1.74. The minimum absolute atomic E-state index is 0.0996. The highest BCUT2D eigenvalue weighted by Gasteiger charge is 2.12. The molecule has 0 unspecified atom stereocenters. The molecular weight excluding hydrogens is 240 g/mol. The van der Waals surface area contributed by atoms with E-state index in [-0.39, 0.29) is 5.91 Å². The third kappa shape index (κ3) is 3.28. The predicted molar refractivity (Wildman–Crippen MR) is 73.4 cm³/mol. The van der Waals surface area contributed by atoms with Gasteiger partial charge in [-0.05, 0) is 31.2 Å². The van der Waals surface area contributed by atoms with Gasteiger partial charge in [0.25, 0.3) is 5.91 Å². The Morgan fingerprint density at radius 1 is 1.37 bits per heavy atom.